The van der Waals surface area contributed by atoms with E-state index in [0.717, 1.165) is 16.7 Å². The van der Waals surface area contributed by atoms with Crippen molar-refractivity contribution in [3.8, 4) is 0 Å². The fourth-order valence-electron chi connectivity index (χ4n) is 4.62. The average molecular weight is 468 g/mol. The van der Waals surface area contributed by atoms with Crippen LogP contribution in [-0.4, -0.2) is 16.8 Å². The maximum atomic E-state index is 13.5. The minimum atomic E-state index is -1.97. The van der Waals surface area contributed by atoms with Crippen LogP contribution in [0.25, 0.3) is 0 Å². The number of fused-ring (bicyclic) bond motifs is 1. The lowest BCUT2D eigenvalue weighted by atomic mass is 9.85. The summed E-state index contributed by atoms with van der Waals surface area (Å²) in [7, 11) is 0. The molecule has 3 aromatic carbocycles. The third kappa shape index (κ3) is 3.73. The normalized spacial score (nSPS) is 17.6. The van der Waals surface area contributed by atoms with E-state index in [0.29, 0.717) is 32.4 Å². The van der Waals surface area contributed by atoms with Gasteiger partial charge in [-0.05, 0) is 50.1 Å². The number of aliphatic hydroxyl groups is 1. The number of halogens is 2. The van der Waals surface area contributed by atoms with Crippen molar-refractivity contribution in [3.05, 3.63) is 98.0 Å². The molecule has 1 unspecified atom stereocenters. The lowest BCUT2D eigenvalue weighted by Crippen LogP contribution is -2.41. The fraction of sp³-hybridized carbons (Fsp3) is 0.231. The first-order chi connectivity index (χ1) is 15.1. The topological polar surface area (TPSA) is 57.6 Å². The molecule has 0 spiro atoms. The summed E-state index contributed by atoms with van der Waals surface area (Å²) >= 11 is 12.7. The van der Waals surface area contributed by atoms with Gasteiger partial charge in [-0.25, -0.2) is 0 Å². The summed E-state index contributed by atoms with van der Waals surface area (Å²) in [6.07, 6.45) is -0.347. The number of ketones is 1. The first-order valence-corrected chi connectivity index (χ1v) is 11.1. The van der Waals surface area contributed by atoms with E-state index in [1.165, 1.54) is 4.90 Å². The summed E-state index contributed by atoms with van der Waals surface area (Å²) in [5.41, 5.74) is 2.82. The molecule has 0 aromatic heterocycles. The Morgan fingerprint density at radius 1 is 0.969 bits per heavy atom. The van der Waals surface area contributed by atoms with E-state index in [4.69, 9.17) is 23.2 Å². The molecule has 1 atom stereocenters. The summed E-state index contributed by atoms with van der Waals surface area (Å²) in [6.45, 7) is 5.80. The zero-order chi connectivity index (χ0) is 23.2. The summed E-state index contributed by atoms with van der Waals surface area (Å²) in [5, 5.41) is 12.5. The highest BCUT2D eigenvalue weighted by Crippen LogP contribution is 2.44. The van der Waals surface area contributed by atoms with Gasteiger partial charge in [-0.15, -0.1) is 0 Å². The van der Waals surface area contributed by atoms with Crippen molar-refractivity contribution in [3.63, 3.8) is 0 Å². The number of Topliss-reactive ketones (excluding diaryl/α,β-unsaturated/α-hetero) is 1. The standard InChI is InChI=1S/C26H23Cl2NO3/c1-15-11-16(2)24(17(3)12-15)23(30)13-26(32)19-7-4-5-10-22(19)29(25(26)31)14-18-20(27)8-6-9-21(18)28/h4-12,32H,13-14H2,1-3H3. The van der Waals surface area contributed by atoms with Gasteiger partial charge in [0.15, 0.2) is 11.4 Å². The van der Waals surface area contributed by atoms with Crippen molar-refractivity contribution < 1.29 is 14.7 Å². The van der Waals surface area contributed by atoms with E-state index in [1.807, 2.05) is 32.9 Å². The number of nitrogens with zero attached hydrogens (tertiary/aromatic N) is 1. The summed E-state index contributed by atoms with van der Waals surface area (Å²) in [4.78, 5) is 28.3. The molecule has 1 heterocycles. The summed E-state index contributed by atoms with van der Waals surface area (Å²) in [5.74, 6) is -0.839. The molecule has 0 radical (unpaired) electrons. The average Bonchev–Trinajstić information content (AvgIpc) is 2.91. The van der Waals surface area contributed by atoms with Gasteiger partial charge in [0.05, 0.1) is 18.7 Å². The monoisotopic (exact) mass is 467 g/mol. The molecule has 1 aliphatic heterocycles. The number of carbonyl (C=O) groups excluding carboxylic acids is 2. The highest BCUT2D eigenvalue weighted by atomic mass is 35.5. The number of benzene rings is 3. The molecule has 0 fully saturated rings. The van der Waals surface area contributed by atoms with Crippen LogP contribution in [0.15, 0.2) is 54.6 Å². The lowest BCUT2D eigenvalue weighted by Gasteiger charge is -2.24. The van der Waals surface area contributed by atoms with Crippen LogP contribution in [0.1, 0.15) is 44.6 Å². The molecule has 0 aliphatic carbocycles. The SMILES string of the molecule is Cc1cc(C)c(C(=O)CC2(O)C(=O)N(Cc3c(Cl)cccc3Cl)c3ccccc32)c(C)c1. The number of amides is 1. The van der Waals surface area contributed by atoms with Crippen molar-refractivity contribution in [2.24, 2.45) is 0 Å². The summed E-state index contributed by atoms with van der Waals surface area (Å²) in [6, 6.07) is 16.0. The van der Waals surface area contributed by atoms with E-state index in [-0.39, 0.29) is 18.7 Å². The summed E-state index contributed by atoms with van der Waals surface area (Å²) < 4.78 is 0. The molecular formula is C26H23Cl2NO3. The molecule has 32 heavy (non-hydrogen) atoms. The molecule has 0 saturated carbocycles. The second kappa shape index (κ2) is 8.36. The van der Waals surface area contributed by atoms with Gasteiger partial charge in [0.25, 0.3) is 5.91 Å². The van der Waals surface area contributed by atoms with Crippen molar-refractivity contribution in [1.82, 2.24) is 0 Å². The number of hydrogen-bond donors (Lipinski definition) is 1. The van der Waals surface area contributed by atoms with Gasteiger partial charge in [0, 0.05) is 26.7 Å². The molecule has 6 heteroatoms. The number of aryl methyl sites for hydroxylation is 3. The minimum absolute atomic E-state index is 0.0907. The first kappa shape index (κ1) is 22.5. The van der Waals surface area contributed by atoms with Gasteiger partial charge < -0.3 is 10.0 Å². The van der Waals surface area contributed by atoms with Gasteiger partial charge in [-0.3, -0.25) is 9.59 Å². The van der Waals surface area contributed by atoms with Crippen molar-refractivity contribution in [2.75, 3.05) is 4.90 Å². The molecule has 0 bridgehead atoms. The molecule has 4 nitrogen and oxygen atoms in total. The second-order valence-electron chi connectivity index (χ2n) is 8.34. The van der Waals surface area contributed by atoms with Gasteiger partial charge in [-0.2, -0.15) is 0 Å². The Balaban J connectivity index is 1.74. The lowest BCUT2D eigenvalue weighted by molar-refractivity contribution is -0.136. The van der Waals surface area contributed by atoms with Gasteiger partial charge in [-0.1, -0.05) is 65.2 Å². The van der Waals surface area contributed by atoms with Crippen molar-refractivity contribution in [2.45, 2.75) is 39.3 Å². The second-order valence-corrected chi connectivity index (χ2v) is 9.16. The van der Waals surface area contributed by atoms with E-state index in [9.17, 15) is 14.7 Å². The predicted molar refractivity (Wildman–Crippen MR) is 128 cm³/mol. The van der Waals surface area contributed by atoms with Crippen LogP contribution in [0.5, 0.6) is 0 Å². The van der Waals surface area contributed by atoms with Crippen LogP contribution in [0, 0.1) is 20.8 Å². The molecule has 1 N–H and O–H groups in total. The van der Waals surface area contributed by atoms with E-state index >= 15 is 0 Å². The van der Waals surface area contributed by atoms with E-state index in [1.54, 1.807) is 42.5 Å². The quantitative estimate of drug-likeness (QED) is 0.473. The maximum absolute atomic E-state index is 13.5. The zero-order valence-corrected chi connectivity index (χ0v) is 19.6. The third-order valence-corrected chi connectivity index (χ3v) is 6.70. The first-order valence-electron chi connectivity index (χ1n) is 10.3. The van der Waals surface area contributed by atoms with Crippen molar-refractivity contribution in [1.29, 1.82) is 0 Å². The van der Waals surface area contributed by atoms with E-state index < -0.39 is 11.5 Å². The highest BCUT2D eigenvalue weighted by molar-refractivity contribution is 6.36. The largest absolute Gasteiger partial charge is 0.375 e. The van der Waals surface area contributed by atoms with Crippen LogP contribution >= 0.6 is 23.2 Å². The molecule has 0 saturated heterocycles. The highest BCUT2D eigenvalue weighted by Gasteiger charge is 2.51. The number of hydrogen-bond acceptors (Lipinski definition) is 3. The molecule has 3 aromatic rings. The van der Waals surface area contributed by atoms with Crippen LogP contribution in [-0.2, 0) is 16.9 Å². The van der Waals surface area contributed by atoms with Crippen LogP contribution in [0.3, 0.4) is 0 Å². The molecule has 4 rings (SSSR count). The molecular weight excluding hydrogens is 445 g/mol. The Hall–Kier alpha value is -2.66. The smallest absolute Gasteiger partial charge is 0.264 e. The maximum Gasteiger partial charge on any atom is 0.264 e. The van der Waals surface area contributed by atoms with Crippen LogP contribution in [0.2, 0.25) is 10.0 Å². The van der Waals surface area contributed by atoms with Crippen molar-refractivity contribution >= 4 is 40.6 Å². The Morgan fingerprint density at radius 3 is 2.19 bits per heavy atom. The minimum Gasteiger partial charge on any atom is -0.375 e. The Bertz CT molecular complexity index is 1210. The third-order valence-electron chi connectivity index (χ3n) is 5.99. The predicted octanol–water partition coefficient (Wildman–Crippen LogP) is 5.93. The van der Waals surface area contributed by atoms with Gasteiger partial charge in [0.2, 0.25) is 0 Å². The number of para-hydroxylation sites is 1. The van der Waals surface area contributed by atoms with E-state index in [2.05, 4.69) is 0 Å². The van der Waals surface area contributed by atoms with Crippen LogP contribution < -0.4 is 4.90 Å². The molecule has 164 valence electrons. The Kier molecular flexibility index (Phi) is 5.89. The zero-order valence-electron chi connectivity index (χ0n) is 18.1. The number of rotatable bonds is 5. The molecule has 1 aliphatic rings. The number of anilines is 1. The van der Waals surface area contributed by atoms with Gasteiger partial charge >= 0.3 is 0 Å². The fourth-order valence-corrected chi connectivity index (χ4v) is 5.13. The van der Waals surface area contributed by atoms with Crippen LogP contribution in [0.4, 0.5) is 5.69 Å². The Morgan fingerprint density at radius 2 is 1.56 bits per heavy atom. The van der Waals surface area contributed by atoms with Gasteiger partial charge in [0.1, 0.15) is 0 Å². The Labute approximate surface area is 197 Å². The molecule has 1 amide bonds. The number of carbonyl (C=O) groups is 2.